The Labute approximate surface area is 247 Å². The van der Waals surface area contributed by atoms with E-state index in [4.69, 9.17) is 9.47 Å². The van der Waals surface area contributed by atoms with E-state index in [9.17, 15) is 14.9 Å². The fraction of sp³-hybridized carbons (Fsp3) is 0.455. The van der Waals surface area contributed by atoms with Gasteiger partial charge in [-0.15, -0.1) is 0 Å². The number of aromatic nitrogens is 2. The van der Waals surface area contributed by atoms with Crippen LogP contribution in [0.15, 0.2) is 66.7 Å². The van der Waals surface area contributed by atoms with Crippen molar-refractivity contribution in [3.63, 3.8) is 0 Å². The number of nitrogens with one attached hydrogen (secondary N) is 2. The Kier molecular flexibility index (Phi) is 10.4. The van der Waals surface area contributed by atoms with Gasteiger partial charge in [0.05, 0.1) is 37.5 Å². The van der Waals surface area contributed by atoms with Crippen LogP contribution in [0.2, 0.25) is 0 Å². The fourth-order valence-electron chi connectivity index (χ4n) is 5.88. The predicted molar refractivity (Wildman–Crippen MR) is 157 cm³/mol. The van der Waals surface area contributed by atoms with Gasteiger partial charge in [-0.2, -0.15) is 10.4 Å². The summed E-state index contributed by atoms with van der Waals surface area (Å²) in [5.41, 5.74) is 2.46. The van der Waals surface area contributed by atoms with Crippen LogP contribution in [0.4, 0.5) is 0 Å². The molecule has 2 amide bonds. The summed E-state index contributed by atoms with van der Waals surface area (Å²) in [6.07, 6.45) is 7.27. The lowest BCUT2D eigenvalue weighted by atomic mass is 9.92. The van der Waals surface area contributed by atoms with Crippen LogP contribution in [0.3, 0.4) is 0 Å². The van der Waals surface area contributed by atoms with E-state index in [0.717, 1.165) is 62.5 Å². The highest BCUT2D eigenvalue weighted by Crippen LogP contribution is 2.24. The number of amides is 2. The first-order chi connectivity index (χ1) is 20.6. The molecule has 2 aliphatic carbocycles. The summed E-state index contributed by atoms with van der Waals surface area (Å²) >= 11 is 0. The van der Waals surface area contributed by atoms with Gasteiger partial charge in [0.15, 0.2) is 5.69 Å². The fourth-order valence-corrected chi connectivity index (χ4v) is 5.88. The average Bonchev–Trinajstić information content (AvgIpc) is 3.44. The molecule has 5 rings (SSSR count). The monoisotopic (exact) mass is 569 g/mol. The van der Waals surface area contributed by atoms with E-state index >= 15 is 0 Å². The van der Waals surface area contributed by atoms with Crippen molar-refractivity contribution < 1.29 is 19.1 Å². The van der Waals surface area contributed by atoms with E-state index in [1.165, 1.54) is 10.7 Å². The van der Waals surface area contributed by atoms with Gasteiger partial charge in [-0.1, -0.05) is 86.3 Å². The summed E-state index contributed by atoms with van der Waals surface area (Å²) in [6.45, 7) is 0.806. The highest BCUT2D eigenvalue weighted by Gasteiger charge is 2.30. The number of hydrogen-bond acceptors (Lipinski definition) is 6. The van der Waals surface area contributed by atoms with E-state index in [0.29, 0.717) is 13.2 Å². The van der Waals surface area contributed by atoms with Gasteiger partial charge in [0.25, 0.3) is 5.91 Å². The topological polar surface area (TPSA) is 118 Å². The maximum Gasteiger partial charge on any atom is 0.269 e. The van der Waals surface area contributed by atoms with Crippen LogP contribution in [0.5, 0.6) is 0 Å². The van der Waals surface area contributed by atoms with Crippen LogP contribution >= 0.6 is 0 Å². The SMILES string of the molecule is N#Cc1cc(C(=O)N[C@H]2CCCC[C@@H]2OCc2ccccc2)n(CC(=O)N[C@H]2CCCC[C@@H]2OCc2ccccc2)n1. The Morgan fingerprint density at radius 1 is 0.810 bits per heavy atom. The van der Waals surface area contributed by atoms with E-state index in [1.807, 2.05) is 66.7 Å². The van der Waals surface area contributed by atoms with Gasteiger partial charge in [-0.3, -0.25) is 9.59 Å². The molecule has 0 radical (unpaired) electrons. The molecule has 0 spiro atoms. The summed E-state index contributed by atoms with van der Waals surface area (Å²) in [5, 5.41) is 19.9. The van der Waals surface area contributed by atoms with Crippen molar-refractivity contribution >= 4 is 11.8 Å². The maximum atomic E-state index is 13.4. The molecule has 2 fully saturated rings. The van der Waals surface area contributed by atoms with Crippen molar-refractivity contribution in [1.82, 2.24) is 20.4 Å². The smallest absolute Gasteiger partial charge is 0.269 e. The zero-order valence-corrected chi connectivity index (χ0v) is 23.9. The van der Waals surface area contributed by atoms with Crippen LogP contribution in [-0.4, -0.2) is 45.9 Å². The lowest BCUT2D eigenvalue weighted by Gasteiger charge is -2.32. The number of rotatable bonds is 11. The first-order valence-electron chi connectivity index (χ1n) is 15.0. The van der Waals surface area contributed by atoms with Crippen LogP contribution in [0.1, 0.15) is 78.7 Å². The Hall–Kier alpha value is -4.00. The molecule has 1 heterocycles. The van der Waals surface area contributed by atoms with E-state index in [1.54, 1.807) is 0 Å². The van der Waals surface area contributed by atoms with Gasteiger partial charge in [-0.05, 0) is 36.8 Å². The van der Waals surface area contributed by atoms with Crippen molar-refractivity contribution in [1.29, 1.82) is 5.26 Å². The first kappa shape index (κ1) is 29.5. The van der Waals surface area contributed by atoms with Crippen molar-refractivity contribution in [2.45, 2.75) is 95.4 Å². The summed E-state index contributed by atoms with van der Waals surface area (Å²) < 4.78 is 13.7. The quantitative estimate of drug-likeness (QED) is 0.347. The number of ether oxygens (including phenoxy) is 2. The van der Waals surface area contributed by atoms with Gasteiger partial charge < -0.3 is 20.1 Å². The molecule has 2 aliphatic rings. The van der Waals surface area contributed by atoms with Crippen molar-refractivity contribution in [3.05, 3.63) is 89.2 Å². The molecule has 42 heavy (non-hydrogen) atoms. The molecule has 0 unspecified atom stereocenters. The Morgan fingerprint density at radius 2 is 1.33 bits per heavy atom. The molecular formula is C33H39N5O4. The van der Waals surface area contributed by atoms with Crippen molar-refractivity contribution in [2.24, 2.45) is 0 Å². The Bertz CT molecular complexity index is 1350. The third kappa shape index (κ3) is 8.05. The molecule has 1 aromatic heterocycles. The molecule has 9 nitrogen and oxygen atoms in total. The van der Waals surface area contributed by atoms with Crippen LogP contribution in [0.25, 0.3) is 0 Å². The third-order valence-corrected chi connectivity index (χ3v) is 8.10. The minimum atomic E-state index is -0.362. The second kappa shape index (κ2) is 14.8. The van der Waals surface area contributed by atoms with E-state index in [-0.39, 0.29) is 54.0 Å². The second-order valence-corrected chi connectivity index (χ2v) is 11.2. The molecule has 0 bridgehead atoms. The molecule has 2 aromatic carbocycles. The first-order valence-corrected chi connectivity index (χ1v) is 15.0. The highest BCUT2D eigenvalue weighted by molar-refractivity contribution is 5.93. The van der Waals surface area contributed by atoms with Gasteiger partial charge in [0.1, 0.15) is 18.3 Å². The molecule has 0 aliphatic heterocycles. The zero-order chi connectivity index (χ0) is 29.1. The van der Waals surface area contributed by atoms with Crippen molar-refractivity contribution in [2.75, 3.05) is 0 Å². The Morgan fingerprint density at radius 3 is 1.88 bits per heavy atom. The minimum absolute atomic E-state index is 0.0860. The number of carbonyl (C=O) groups is 2. The predicted octanol–water partition coefficient (Wildman–Crippen LogP) is 4.66. The molecular weight excluding hydrogens is 530 g/mol. The van der Waals surface area contributed by atoms with Crippen LogP contribution in [-0.2, 0) is 34.0 Å². The molecule has 2 saturated carbocycles. The Balaban J connectivity index is 1.20. The van der Waals surface area contributed by atoms with Crippen LogP contribution in [0, 0.1) is 11.3 Å². The summed E-state index contributed by atoms with van der Waals surface area (Å²) in [4.78, 5) is 26.6. The van der Waals surface area contributed by atoms with Crippen molar-refractivity contribution in [3.8, 4) is 6.07 Å². The zero-order valence-electron chi connectivity index (χ0n) is 23.9. The largest absolute Gasteiger partial charge is 0.371 e. The van der Waals surface area contributed by atoms with Gasteiger partial charge in [0, 0.05) is 6.07 Å². The summed E-state index contributed by atoms with van der Waals surface area (Å²) in [6, 6.07) is 23.1. The van der Waals surface area contributed by atoms with Crippen LogP contribution < -0.4 is 10.6 Å². The number of carbonyl (C=O) groups excluding carboxylic acids is 2. The molecule has 9 heteroatoms. The number of nitriles is 1. The van der Waals surface area contributed by atoms with E-state index < -0.39 is 0 Å². The van der Waals surface area contributed by atoms with Gasteiger partial charge >= 0.3 is 0 Å². The van der Waals surface area contributed by atoms with E-state index in [2.05, 4.69) is 15.7 Å². The normalized spacial score (nSPS) is 22.2. The maximum absolute atomic E-state index is 13.4. The number of benzene rings is 2. The van der Waals surface area contributed by atoms with Gasteiger partial charge in [0.2, 0.25) is 5.91 Å². The minimum Gasteiger partial charge on any atom is -0.371 e. The second-order valence-electron chi connectivity index (χ2n) is 11.2. The molecule has 220 valence electrons. The molecule has 4 atom stereocenters. The average molecular weight is 570 g/mol. The summed E-state index contributed by atoms with van der Waals surface area (Å²) in [5.74, 6) is -0.627. The number of hydrogen-bond donors (Lipinski definition) is 2. The standard InChI is InChI=1S/C33H39N5O4/c34-20-26-19-29(33(40)36-28-16-8-10-18-31(28)42-23-25-13-5-2-6-14-25)38(37-26)21-32(39)35-27-15-7-9-17-30(27)41-22-24-11-3-1-4-12-24/h1-6,11-14,19,27-28,30-31H,7-10,15-18,21-23H2,(H,35,39)(H,36,40)/t27-,28-,30-,31-/m0/s1. The highest BCUT2D eigenvalue weighted by atomic mass is 16.5. The van der Waals surface area contributed by atoms with Gasteiger partial charge in [-0.25, -0.2) is 4.68 Å². The molecule has 2 N–H and O–H groups in total. The third-order valence-electron chi connectivity index (χ3n) is 8.10. The lowest BCUT2D eigenvalue weighted by Crippen LogP contribution is -2.48. The molecule has 0 saturated heterocycles. The number of nitrogens with zero attached hydrogens (tertiary/aromatic N) is 3. The molecule has 3 aromatic rings. The summed E-state index contributed by atoms with van der Waals surface area (Å²) in [7, 11) is 0. The lowest BCUT2D eigenvalue weighted by molar-refractivity contribution is -0.124.